The van der Waals surface area contributed by atoms with Crippen molar-refractivity contribution in [1.82, 2.24) is 4.90 Å². The third kappa shape index (κ3) is 2.59. The van der Waals surface area contributed by atoms with E-state index in [1.165, 1.54) is 19.3 Å². The maximum atomic E-state index is 4.43. The summed E-state index contributed by atoms with van der Waals surface area (Å²) in [4.78, 5) is 6.73. The van der Waals surface area contributed by atoms with Gasteiger partial charge in [0.15, 0.2) is 0 Å². The van der Waals surface area contributed by atoms with Crippen LogP contribution in [0.25, 0.3) is 0 Å². The third-order valence-corrected chi connectivity index (χ3v) is 2.52. The van der Waals surface area contributed by atoms with E-state index in [4.69, 9.17) is 0 Å². The van der Waals surface area contributed by atoms with Gasteiger partial charge in [0.2, 0.25) is 0 Å². The zero-order valence-electron chi connectivity index (χ0n) is 8.39. The Kier molecular flexibility index (Phi) is 3.17. The largest absolute Gasteiger partial charge is 0.363 e. The topological polar surface area (TPSA) is 15.6 Å². The highest BCUT2D eigenvalue weighted by molar-refractivity contribution is 5.61. The van der Waals surface area contributed by atoms with Crippen LogP contribution in [0.5, 0.6) is 0 Å². The number of aliphatic imine (C=N–C) groups is 1. The first-order valence-electron chi connectivity index (χ1n) is 5.28. The molecule has 0 bridgehead atoms. The fraction of sp³-hybridized carbons (Fsp3) is 0.417. The average molecular weight is 188 g/mol. The SMILES string of the molecule is C(=Nc1ccccc1)N1CCCCC1. The molecule has 1 heterocycles. The fourth-order valence-corrected chi connectivity index (χ4v) is 1.70. The molecule has 0 aromatic heterocycles. The normalized spacial score (nSPS) is 17.6. The molecule has 1 aromatic carbocycles. The molecule has 1 fully saturated rings. The Hall–Kier alpha value is -1.31. The Morgan fingerprint density at radius 1 is 1.00 bits per heavy atom. The Balaban J connectivity index is 1.93. The van der Waals surface area contributed by atoms with Crippen LogP contribution in [0, 0.1) is 0 Å². The fourth-order valence-electron chi connectivity index (χ4n) is 1.70. The summed E-state index contributed by atoms with van der Waals surface area (Å²) in [6, 6.07) is 10.1. The predicted octanol–water partition coefficient (Wildman–Crippen LogP) is 2.83. The zero-order valence-corrected chi connectivity index (χ0v) is 8.39. The van der Waals surface area contributed by atoms with Crippen molar-refractivity contribution in [3.05, 3.63) is 30.3 Å². The summed E-state index contributed by atoms with van der Waals surface area (Å²) in [6.45, 7) is 2.33. The van der Waals surface area contributed by atoms with Crippen LogP contribution in [-0.2, 0) is 0 Å². The smallest absolute Gasteiger partial charge is 0.0912 e. The van der Waals surface area contributed by atoms with Gasteiger partial charge < -0.3 is 4.90 Å². The molecule has 1 aliphatic heterocycles. The molecule has 0 radical (unpaired) electrons. The minimum Gasteiger partial charge on any atom is -0.363 e. The van der Waals surface area contributed by atoms with Gasteiger partial charge in [0.25, 0.3) is 0 Å². The van der Waals surface area contributed by atoms with Gasteiger partial charge in [-0.3, -0.25) is 0 Å². The van der Waals surface area contributed by atoms with Crippen molar-refractivity contribution >= 4 is 12.0 Å². The van der Waals surface area contributed by atoms with Crippen molar-refractivity contribution in [1.29, 1.82) is 0 Å². The number of piperidine rings is 1. The molecule has 14 heavy (non-hydrogen) atoms. The molecule has 0 atom stereocenters. The summed E-state index contributed by atoms with van der Waals surface area (Å²) >= 11 is 0. The lowest BCUT2D eigenvalue weighted by Crippen LogP contribution is -2.27. The van der Waals surface area contributed by atoms with E-state index in [9.17, 15) is 0 Å². The molecule has 0 unspecified atom stereocenters. The molecule has 1 saturated heterocycles. The van der Waals surface area contributed by atoms with Crippen LogP contribution in [-0.4, -0.2) is 24.3 Å². The Morgan fingerprint density at radius 3 is 2.43 bits per heavy atom. The van der Waals surface area contributed by atoms with Crippen molar-refractivity contribution in [2.75, 3.05) is 13.1 Å². The van der Waals surface area contributed by atoms with E-state index in [0.29, 0.717) is 0 Å². The molecule has 2 rings (SSSR count). The molecule has 2 heteroatoms. The molecule has 0 saturated carbocycles. The Labute approximate surface area is 85.3 Å². The molecule has 0 N–H and O–H groups in total. The zero-order chi connectivity index (χ0) is 9.64. The number of likely N-dealkylation sites (tertiary alicyclic amines) is 1. The van der Waals surface area contributed by atoms with Gasteiger partial charge in [0.05, 0.1) is 12.0 Å². The second kappa shape index (κ2) is 4.80. The van der Waals surface area contributed by atoms with Crippen molar-refractivity contribution in [2.45, 2.75) is 19.3 Å². The number of para-hydroxylation sites is 1. The van der Waals surface area contributed by atoms with Gasteiger partial charge in [-0.1, -0.05) is 18.2 Å². The first-order chi connectivity index (χ1) is 6.95. The van der Waals surface area contributed by atoms with Gasteiger partial charge >= 0.3 is 0 Å². The molecule has 0 amide bonds. The van der Waals surface area contributed by atoms with E-state index < -0.39 is 0 Å². The highest BCUT2D eigenvalue weighted by Crippen LogP contribution is 2.11. The van der Waals surface area contributed by atoms with Crippen molar-refractivity contribution in [2.24, 2.45) is 4.99 Å². The van der Waals surface area contributed by atoms with Crippen LogP contribution in [0.1, 0.15) is 19.3 Å². The van der Waals surface area contributed by atoms with Gasteiger partial charge in [0.1, 0.15) is 0 Å². The summed E-state index contributed by atoms with van der Waals surface area (Å²) in [7, 11) is 0. The average Bonchev–Trinajstić information content (AvgIpc) is 2.29. The van der Waals surface area contributed by atoms with Gasteiger partial charge in [-0.25, -0.2) is 4.99 Å². The number of nitrogens with zero attached hydrogens (tertiary/aromatic N) is 2. The maximum absolute atomic E-state index is 4.43. The van der Waals surface area contributed by atoms with Gasteiger partial charge in [0, 0.05) is 13.1 Å². The third-order valence-electron chi connectivity index (χ3n) is 2.52. The molecule has 2 nitrogen and oxygen atoms in total. The van der Waals surface area contributed by atoms with Gasteiger partial charge in [-0.2, -0.15) is 0 Å². The summed E-state index contributed by atoms with van der Waals surface area (Å²) in [5.41, 5.74) is 1.04. The number of hydrogen-bond acceptors (Lipinski definition) is 1. The van der Waals surface area contributed by atoms with Crippen LogP contribution in [0.2, 0.25) is 0 Å². The van der Waals surface area contributed by atoms with E-state index in [-0.39, 0.29) is 0 Å². The second-order valence-electron chi connectivity index (χ2n) is 3.68. The molecular weight excluding hydrogens is 172 g/mol. The van der Waals surface area contributed by atoms with Crippen LogP contribution < -0.4 is 0 Å². The minimum absolute atomic E-state index is 1.04. The Bertz CT molecular complexity index is 286. The summed E-state index contributed by atoms with van der Waals surface area (Å²) in [5, 5.41) is 0. The molecule has 1 aliphatic rings. The van der Waals surface area contributed by atoms with Crippen LogP contribution in [0.4, 0.5) is 5.69 Å². The van der Waals surface area contributed by atoms with Crippen LogP contribution in [0.15, 0.2) is 35.3 Å². The van der Waals surface area contributed by atoms with Crippen LogP contribution in [0.3, 0.4) is 0 Å². The lowest BCUT2D eigenvalue weighted by atomic mass is 10.1. The quantitative estimate of drug-likeness (QED) is 0.514. The Morgan fingerprint density at radius 2 is 1.71 bits per heavy atom. The van der Waals surface area contributed by atoms with E-state index >= 15 is 0 Å². The van der Waals surface area contributed by atoms with Crippen molar-refractivity contribution in [3.8, 4) is 0 Å². The van der Waals surface area contributed by atoms with Crippen molar-refractivity contribution in [3.63, 3.8) is 0 Å². The second-order valence-corrected chi connectivity index (χ2v) is 3.68. The molecule has 74 valence electrons. The highest BCUT2D eigenvalue weighted by Gasteiger charge is 2.05. The first kappa shape index (κ1) is 9.25. The standard InChI is InChI=1S/C12H16N2/c1-3-7-12(8-4-1)13-11-14-9-5-2-6-10-14/h1,3-4,7-8,11H,2,5-6,9-10H2. The number of hydrogen-bond donors (Lipinski definition) is 0. The monoisotopic (exact) mass is 188 g/mol. The van der Waals surface area contributed by atoms with E-state index in [1.807, 2.05) is 36.7 Å². The number of rotatable bonds is 2. The number of benzene rings is 1. The van der Waals surface area contributed by atoms with Crippen LogP contribution >= 0.6 is 0 Å². The summed E-state index contributed by atoms with van der Waals surface area (Å²) in [5.74, 6) is 0. The van der Waals surface area contributed by atoms with E-state index in [1.54, 1.807) is 0 Å². The maximum Gasteiger partial charge on any atom is 0.0912 e. The highest BCUT2D eigenvalue weighted by atomic mass is 15.1. The van der Waals surface area contributed by atoms with E-state index in [2.05, 4.69) is 9.89 Å². The lowest BCUT2D eigenvalue weighted by Gasteiger charge is -2.23. The van der Waals surface area contributed by atoms with Crippen molar-refractivity contribution < 1.29 is 0 Å². The molecule has 1 aromatic rings. The van der Waals surface area contributed by atoms with Gasteiger partial charge in [-0.15, -0.1) is 0 Å². The summed E-state index contributed by atoms with van der Waals surface area (Å²) < 4.78 is 0. The minimum atomic E-state index is 1.04. The lowest BCUT2D eigenvalue weighted by molar-refractivity contribution is 0.351. The molecule has 0 spiro atoms. The van der Waals surface area contributed by atoms with E-state index in [0.717, 1.165) is 18.8 Å². The predicted molar refractivity (Wildman–Crippen MR) is 60.0 cm³/mol. The van der Waals surface area contributed by atoms with Gasteiger partial charge in [-0.05, 0) is 31.4 Å². The molecule has 0 aliphatic carbocycles. The first-order valence-corrected chi connectivity index (χ1v) is 5.28. The molecular formula is C12H16N2. The summed E-state index contributed by atoms with van der Waals surface area (Å²) in [6.07, 6.45) is 5.96.